The molecule has 0 spiro atoms. The number of anilines is 1. The monoisotopic (exact) mass is 291 g/mol. The zero-order valence-corrected chi connectivity index (χ0v) is 12.5. The number of hydrogen-bond donors (Lipinski definition) is 2. The molecule has 20 heavy (non-hydrogen) atoms. The number of nitrogens with zero attached hydrogens (tertiary/aromatic N) is 3. The lowest BCUT2D eigenvalue weighted by Crippen LogP contribution is -2.28. The van der Waals surface area contributed by atoms with Crippen molar-refractivity contribution in [2.75, 3.05) is 5.32 Å². The van der Waals surface area contributed by atoms with Crippen LogP contribution in [0, 0.1) is 6.92 Å². The van der Waals surface area contributed by atoms with Gasteiger partial charge in [0.05, 0.1) is 12.2 Å². The summed E-state index contributed by atoms with van der Waals surface area (Å²) in [7, 11) is 0. The number of pyridine rings is 1. The van der Waals surface area contributed by atoms with Crippen LogP contribution in [0.25, 0.3) is 0 Å². The Hall–Kier alpha value is -2.02. The lowest BCUT2D eigenvalue weighted by Gasteiger charge is -2.05. The van der Waals surface area contributed by atoms with Crippen molar-refractivity contribution in [1.82, 2.24) is 20.5 Å². The molecule has 0 aliphatic heterocycles. The van der Waals surface area contributed by atoms with Gasteiger partial charge in [0.25, 0.3) is 0 Å². The lowest BCUT2D eigenvalue weighted by molar-refractivity contribution is 0.251. The molecular weight excluding hydrogens is 274 g/mol. The van der Waals surface area contributed by atoms with Crippen LogP contribution in [0.1, 0.15) is 36.2 Å². The molecule has 0 saturated heterocycles. The average Bonchev–Trinajstić information content (AvgIpc) is 2.85. The topological polar surface area (TPSA) is 79.8 Å². The minimum absolute atomic E-state index is 0.306. The summed E-state index contributed by atoms with van der Waals surface area (Å²) in [5.74, 6) is 0.308. The second-order valence-electron chi connectivity index (χ2n) is 4.68. The summed E-state index contributed by atoms with van der Waals surface area (Å²) in [4.78, 5) is 16.1. The highest BCUT2D eigenvalue weighted by Crippen LogP contribution is 2.22. The predicted octanol–water partition coefficient (Wildman–Crippen LogP) is 2.69. The maximum atomic E-state index is 11.7. The van der Waals surface area contributed by atoms with Crippen LogP contribution in [0.15, 0.2) is 18.2 Å². The van der Waals surface area contributed by atoms with Crippen molar-refractivity contribution in [3.8, 4) is 0 Å². The zero-order chi connectivity index (χ0) is 14.5. The third-order valence-corrected chi connectivity index (χ3v) is 3.67. The van der Waals surface area contributed by atoms with E-state index in [1.54, 1.807) is 0 Å². The van der Waals surface area contributed by atoms with E-state index in [1.165, 1.54) is 11.3 Å². The minimum atomic E-state index is -0.306. The van der Waals surface area contributed by atoms with Crippen molar-refractivity contribution in [2.24, 2.45) is 0 Å². The van der Waals surface area contributed by atoms with Gasteiger partial charge in [-0.15, -0.1) is 10.2 Å². The van der Waals surface area contributed by atoms with E-state index in [2.05, 4.69) is 25.8 Å². The van der Waals surface area contributed by atoms with Crippen LogP contribution in [0.5, 0.6) is 0 Å². The fraction of sp³-hybridized carbons (Fsp3) is 0.385. The SMILES string of the molecule is Cc1cccc(CNC(=O)Nc2nnc(C(C)C)s2)n1. The van der Waals surface area contributed by atoms with Crippen molar-refractivity contribution in [1.29, 1.82) is 0 Å². The maximum Gasteiger partial charge on any atom is 0.321 e. The molecular formula is C13H17N5OS. The van der Waals surface area contributed by atoms with Gasteiger partial charge in [0, 0.05) is 11.6 Å². The van der Waals surface area contributed by atoms with E-state index in [1.807, 2.05) is 39.0 Å². The highest BCUT2D eigenvalue weighted by molar-refractivity contribution is 7.15. The second-order valence-corrected chi connectivity index (χ2v) is 5.69. The molecule has 2 N–H and O–H groups in total. The van der Waals surface area contributed by atoms with E-state index in [9.17, 15) is 4.79 Å². The van der Waals surface area contributed by atoms with Gasteiger partial charge in [-0.3, -0.25) is 10.3 Å². The van der Waals surface area contributed by atoms with Crippen LogP contribution in [0.3, 0.4) is 0 Å². The van der Waals surface area contributed by atoms with Gasteiger partial charge in [0.1, 0.15) is 5.01 Å². The average molecular weight is 291 g/mol. The van der Waals surface area contributed by atoms with Crippen LogP contribution in [0.4, 0.5) is 9.93 Å². The molecule has 0 saturated carbocycles. The Morgan fingerprint density at radius 1 is 1.35 bits per heavy atom. The third kappa shape index (κ3) is 3.99. The fourth-order valence-electron chi connectivity index (χ4n) is 1.53. The van der Waals surface area contributed by atoms with E-state index in [0.717, 1.165) is 16.4 Å². The number of carbonyl (C=O) groups excluding carboxylic acids is 1. The van der Waals surface area contributed by atoms with Gasteiger partial charge in [-0.2, -0.15) is 0 Å². The molecule has 106 valence electrons. The Morgan fingerprint density at radius 3 is 2.80 bits per heavy atom. The molecule has 0 atom stereocenters. The summed E-state index contributed by atoms with van der Waals surface area (Å²) in [5.41, 5.74) is 1.75. The van der Waals surface area contributed by atoms with E-state index in [4.69, 9.17) is 0 Å². The molecule has 7 heteroatoms. The quantitative estimate of drug-likeness (QED) is 0.907. The van der Waals surface area contributed by atoms with Crippen LogP contribution in [-0.4, -0.2) is 21.2 Å². The molecule has 2 amide bonds. The highest BCUT2D eigenvalue weighted by atomic mass is 32.1. The largest absolute Gasteiger partial charge is 0.332 e. The standard InChI is InChI=1S/C13H17N5OS/c1-8(2)11-17-18-13(20-11)16-12(19)14-7-10-6-4-5-9(3)15-10/h4-6,8H,7H2,1-3H3,(H2,14,16,18,19). The number of urea groups is 1. The number of rotatable bonds is 4. The number of hydrogen-bond acceptors (Lipinski definition) is 5. The van der Waals surface area contributed by atoms with Gasteiger partial charge in [0.15, 0.2) is 0 Å². The summed E-state index contributed by atoms with van der Waals surface area (Å²) in [6.07, 6.45) is 0. The Balaban J connectivity index is 1.86. The van der Waals surface area contributed by atoms with E-state index < -0.39 is 0 Å². The summed E-state index contributed by atoms with van der Waals surface area (Å²) in [5, 5.41) is 14.8. The second kappa shape index (κ2) is 6.42. The number of carbonyl (C=O) groups is 1. The van der Waals surface area contributed by atoms with Gasteiger partial charge in [-0.05, 0) is 19.1 Å². The smallest absolute Gasteiger partial charge is 0.321 e. The van der Waals surface area contributed by atoms with Crippen molar-refractivity contribution in [3.63, 3.8) is 0 Å². The van der Waals surface area contributed by atoms with E-state index in [-0.39, 0.29) is 6.03 Å². The molecule has 2 heterocycles. The van der Waals surface area contributed by atoms with Crippen LogP contribution >= 0.6 is 11.3 Å². The number of amides is 2. The number of nitrogens with one attached hydrogen (secondary N) is 2. The van der Waals surface area contributed by atoms with Gasteiger partial charge in [0.2, 0.25) is 5.13 Å². The Labute approximate surface area is 121 Å². The molecule has 2 rings (SSSR count). The molecule has 0 fully saturated rings. The molecule has 2 aromatic heterocycles. The van der Waals surface area contributed by atoms with Crippen molar-refractivity contribution >= 4 is 22.5 Å². The number of aromatic nitrogens is 3. The molecule has 0 aliphatic carbocycles. The molecule has 0 bridgehead atoms. The first-order valence-corrected chi connectivity index (χ1v) is 7.17. The van der Waals surface area contributed by atoms with Gasteiger partial charge in [-0.1, -0.05) is 31.3 Å². The highest BCUT2D eigenvalue weighted by Gasteiger charge is 2.10. The summed E-state index contributed by atoms with van der Waals surface area (Å²) >= 11 is 1.38. The molecule has 6 nitrogen and oxygen atoms in total. The maximum absolute atomic E-state index is 11.7. The van der Waals surface area contributed by atoms with Crippen LogP contribution in [-0.2, 0) is 6.54 Å². The summed E-state index contributed by atoms with van der Waals surface area (Å²) in [6.45, 7) is 6.36. The first kappa shape index (κ1) is 14.4. The molecule has 0 aliphatic rings. The molecule has 0 aromatic carbocycles. The zero-order valence-electron chi connectivity index (χ0n) is 11.7. The molecule has 0 radical (unpaired) electrons. The lowest BCUT2D eigenvalue weighted by atomic mass is 10.2. The fourth-order valence-corrected chi connectivity index (χ4v) is 2.27. The third-order valence-electron chi connectivity index (χ3n) is 2.53. The van der Waals surface area contributed by atoms with E-state index >= 15 is 0 Å². The normalized spacial score (nSPS) is 10.6. The molecule has 2 aromatic rings. The van der Waals surface area contributed by atoms with Gasteiger partial charge in [-0.25, -0.2) is 4.79 Å². The number of aryl methyl sites for hydroxylation is 1. The summed E-state index contributed by atoms with van der Waals surface area (Å²) < 4.78 is 0. The Morgan fingerprint density at radius 2 is 2.15 bits per heavy atom. The van der Waals surface area contributed by atoms with Gasteiger partial charge >= 0.3 is 6.03 Å². The molecule has 0 unspecified atom stereocenters. The van der Waals surface area contributed by atoms with Crippen molar-refractivity contribution in [3.05, 3.63) is 34.6 Å². The first-order valence-electron chi connectivity index (χ1n) is 6.35. The minimum Gasteiger partial charge on any atom is -0.332 e. The Kier molecular flexibility index (Phi) is 4.62. The van der Waals surface area contributed by atoms with Crippen molar-refractivity contribution in [2.45, 2.75) is 33.2 Å². The van der Waals surface area contributed by atoms with E-state index in [0.29, 0.717) is 17.6 Å². The van der Waals surface area contributed by atoms with Crippen LogP contribution < -0.4 is 10.6 Å². The van der Waals surface area contributed by atoms with Gasteiger partial charge < -0.3 is 5.32 Å². The first-order chi connectivity index (χ1) is 9.54. The summed E-state index contributed by atoms with van der Waals surface area (Å²) in [6, 6.07) is 5.39. The van der Waals surface area contributed by atoms with Crippen LogP contribution in [0.2, 0.25) is 0 Å². The Bertz CT molecular complexity index is 596. The predicted molar refractivity (Wildman–Crippen MR) is 78.8 cm³/mol. The van der Waals surface area contributed by atoms with Crippen molar-refractivity contribution < 1.29 is 4.79 Å².